The summed E-state index contributed by atoms with van der Waals surface area (Å²) in [7, 11) is 0. The van der Waals surface area contributed by atoms with Crippen molar-refractivity contribution in [3.05, 3.63) is 80.1 Å². The van der Waals surface area contributed by atoms with Gasteiger partial charge in [0.2, 0.25) is 0 Å². The molecule has 0 fully saturated rings. The maximum Gasteiger partial charge on any atom is 0.340 e. The standard InChI is InChI=1S/C20H15ClN2O3S/c1-11-14-9-16(21)18(26-20-23-5-6-27-20)10-17(14)25-19(24)15(11)8-12-3-2-4-13(22)7-12/h2-7,9-10H,8,22H2,1H3. The van der Waals surface area contributed by atoms with Crippen molar-refractivity contribution in [2.75, 3.05) is 5.73 Å². The van der Waals surface area contributed by atoms with Crippen LogP contribution in [0.15, 0.2) is 57.2 Å². The number of nitrogens with zero attached hydrogens (tertiary/aromatic N) is 1. The number of ether oxygens (including phenoxy) is 1. The first kappa shape index (κ1) is 17.6. The van der Waals surface area contributed by atoms with Crippen LogP contribution in [-0.2, 0) is 6.42 Å². The molecule has 0 atom stereocenters. The van der Waals surface area contributed by atoms with Crippen molar-refractivity contribution in [1.29, 1.82) is 0 Å². The van der Waals surface area contributed by atoms with E-state index in [0.29, 0.717) is 39.2 Å². The lowest BCUT2D eigenvalue weighted by Gasteiger charge is -2.11. The molecule has 5 nitrogen and oxygen atoms in total. The van der Waals surface area contributed by atoms with Gasteiger partial charge >= 0.3 is 5.63 Å². The summed E-state index contributed by atoms with van der Waals surface area (Å²) in [4.78, 5) is 16.6. The molecule has 0 aliphatic carbocycles. The van der Waals surface area contributed by atoms with Gasteiger partial charge in [-0.15, -0.1) is 0 Å². The van der Waals surface area contributed by atoms with E-state index in [4.69, 9.17) is 26.5 Å². The summed E-state index contributed by atoms with van der Waals surface area (Å²) in [5.41, 5.74) is 8.88. The molecule has 2 aromatic heterocycles. The van der Waals surface area contributed by atoms with Gasteiger partial charge in [0.1, 0.15) is 5.58 Å². The Labute approximate surface area is 164 Å². The highest BCUT2D eigenvalue weighted by molar-refractivity contribution is 7.11. The lowest BCUT2D eigenvalue weighted by Crippen LogP contribution is -2.11. The number of anilines is 1. The molecule has 136 valence electrons. The molecule has 0 spiro atoms. The minimum atomic E-state index is -0.384. The van der Waals surface area contributed by atoms with Crippen molar-refractivity contribution >= 4 is 39.6 Å². The van der Waals surface area contributed by atoms with Crippen molar-refractivity contribution < 1.29 is 9.15 Å². The third kappa shape index (κ3) is 3.54. The number of nitrogens with two attached hydrogens (primary N) is 1. The maximum absolute atomic E-state index is 12.6. The summed E-state index contributed by atoms with van der Waals surface area (Å²) in [6, 6.07) is 10.8. The van der Waals surface area contributed by atoms with E-state index in [2.05, 4.69) is 4.98 Å². The van der Waals surface area contributed by atoms with Crippen molar-refractivity contribution in [2.45, 2.75) is 13.3 Å². The van der Waals surface area contributed by atoms with Crippen LogP contribution in [0.1, 0.15) is 16.7 Å². The highest BCUT2D eigenvalue weighted by Gasteiger charge is 2.16. The van der Waals surface area contributed by atoms with E-state index in [-0.39, 0.29) is 5.63 Å². The quantitative estimate of drug-likeness (QED) is 0.378. The molecule has 7 heteroatoms. The van der Waals surface area contributed by atoms with Gasteiger partial charge in [0.25, 0.3) is 5.19 Å². The Morgan fingerprint density at radius 3 is 2.89 bits per heavy atom. The van der Waals surface area contributed by atoms with Gasteiger partial charge in [-0.1, -0.05) is 35.1 Å². The topological polar surface area (TPSA) is 78.4 Å². The van der Waals surface area contributed by atoms with E-state index in [1.165, 1.54) is 11.3 Å². The first-order valence-corrected chi connectivity index (χ1v) is 9.44. The average molecular weight is 399 g/mol. The summed E-state index contributed by atoms with van der Waals surface area (Å²) >= 11 is 7.73. The van der Waals surface area contributed by atoms with Gasteiger partial charge in [0.15, 0.2) is 5.75 Å². The van der Waals surface area contributed by atoms with E-state index in [1.54, 1.807) is 23.7 Å². The Balaban J connectivity index is 1.78. The highest BCUT2D eigenvalue weighted by Crippen LogP contribution is 2.35. The van der Waals surface area contributed by atoms with Crippen LogP contribution in [0.4, 0.5) is 5.69 Å². The molecule has 0 saturated carbocycles. The number of benzene rings is 2. The SMILES string of the molecule is Cc1c(Cc2cccc(N)c2)c(=O)oc2cc(Oc3nccs3)c(Cl)cc12. The lowest BCUT2D eigenvalue weighted by molar-refractivity contribution is 0.476. The van der Waals surface area contributed by atoms with Crippen molar-refractivity contribution in [3.8, 4) is 10.9 Å². The Kier molecular flexibility index (Phi) is 4.59. The van der Waals surface area contributed by atoms with Crippen molar-refractivity contribution in [2.24, 2.45) is 0 Å². The van der Waals surface area contributed by atoms with Crippen LogP contribution in [0.5, 0.6) is 10.9 Å². The zero-order valence-corrected chi connectivity index (χ0v) is 15.9. The fourth-order valence-electron chi connectivity index (χ4n) is 2.93. The minimum absolute atomic E-state index is 0.384. The number of aryl methyl sites for hydroxylation is 1. The van der Waals surface area contributed by atoms with Gasteiger partial charge in [-0.2, -0.15) is 0 Å². The van der Waals surface area contributed by atoms with Crippen LogP contribution in [0.3, 0.4) is 0 Å². The molecule has 4 aromatic rings. The van der Waals surface area contributed by atoms with Crippen LogP contribution in [0.2, 0.25) is 5.02 Å². The highest BCUT2D eigenvalue weighted by atomic mass is 35.5. The second-order valence-corrected chi connectivity index (χ2v) is 7.36. The van der Waals surface area contributed by atoms with Gasteiger partial charge in [-0.25, -0.2) is 9.78 Å². The first-order chi connectivity index (χ1) is 13.0. The van der Waals surface area contributed by atoms with E-state index in [9.17, 15) is 4.79 Å². The Morgan fingerprint density at radius 2 is 2.15 bits per heavy atom. The number of rotatable bonds is 4. The van der Waals surface area contributed by atoms with E-state index < -0.39 is 0 Å². The minimum Gasteiger partial charge on any atom is -0.429 e. The van der Waals surface area contributed by atoms with Gasteiger partial charge in [0.05, 0.1) is 5.02 Å². The molecular weight excluding hydrogens is 384 g/mol. The molecule has 2 heterocycles. The second kappa shape index (κ2) is 7.06. The molecule has 0 unspecified atom stereocenters. The summed E-state index contributed by atoms with van der Waals surface area (Å²) in [6.45, 7) is 1.89. The number of hydrogen-bond acceptors (Lipinski definition) is 6. The molecule has 0 bridgehead atoms. The third-order valence-electron chi connectivity index (χ3n) is 4.28. The van der Waals surface area contributed by atoms with E-state index in [1.807, 2.05) is 31.2 Å². The Morgan fingerprint density at radius 1 is 1.30 bits per heavy atom. The summed E-state index contributed by atoms with van der Waals surface area (Å²) in [5.74, 6) is 0.394. The van der Waals surface area contributed by atoms with Crippen LogP contribution in [0, 0.1) is 6.92 Å². The predicted octanol–water partition coefficient (Wildman–Crippen LogP) is 5.18. The molecule has 4 rings (SSSR count). The number of thiazole rings is 1. The number of hydrogen-bond donors (Lipinski definition) is 1. The molecule has 0 radical (unpaired) electrons. The molecule has 2 N–H and O–H groups in total. The molecule has 0 amide bonds. The molecule has 27 heavy (non-hydrogen) atoms. The Hall–Kier alpha value is -2.83. The van der Waals surface area contributed by atoms with Crippen molar-refractivity contribution in [3.63, 3.8) is 0 Å². The fourth-order valence-corrected chi connectivity index (χ4v) is 3.63. The maximum atomic E-state index is 12.6. The first-order valence-electron chi connectivity index (χ1n) is 8.19. The number of fused-ring (bicyclic) bond motifs is 1. The van der Waals surface area contributed by atoms with Crippen molar-refractivity contribution in [1.82, 2.24) is 4.98 Å². The molecule has 0 saturated heterocycles. The number of nitrogen functional groups attached to an aromatic ring is 1. The monoisotopic (exact) mass is 398 g/mol. The zero-order valence-electron chi connectivity index (χ0n) is 14.4. The summed E-state index contributed by atoms with van der Waals surface area (Å²) in [5, 5.41) is 3.46. The molecule has 2 aromatic carbocycles. The van der Waals surface area contributed by atoms with Crippen LogP contribution in [-0.4, -0.2) is 4.98 Å². The average Bonchev–Trinajstić information content (AvgIpc) is 3.13. The summed E-state index contributed by atoms with van der Waals surface area (Å²) < 4.78 is 11.2. The van der Waals surface area contributed by atoms with Gasteiger partial charge in [-0.05, 0) is 36.2 Å². The second-order valence-electron chi connectivity index (χ2n) is 6.09. The third-order valence-corrected chi connectivity index (χ3v) is 5.22. The van der Waals surface area contributed by atoms with E-state index >= 15 is 0 Å². The zero-order chi connectivity index (χ0) is 19.0. The fraction of sp³-hybridized carbons (Fsp3) is 0.100. The van der Waals surface area contributed by atoms with Crippen LogP contribution in [0.25, 0.3) is 11.0 Å². The van der Waals surface area contributed by atoms with Gasteiger partial charge in [0, 0.05) is 40.7 Å². The van der Waals surface area contributed by atoms with Crippen LogP contribution >= 0.6 is 22.9 Å². The number of halogens is 1. The smallest absolute Gasteiger partial charge is 0.340 e. The Bertz CT molecular complexity index is 1190. The van der Waals surface area contributed by atoms with E-state index in [0.717, 1.165) is 16.5 Å². The number of aromatic nitrogens is 1. The molecule has 0 aliphatic heterocycles. The predicted molar refractivity (Wildman–Crippen MR) is 108 cm³/mol. The lowest BCUT2D eigenvalue weighted by atomic mass is 9.99. The van der Waals surface area contributed by atoms with Crippen LogP contribution < -0.4 is 16.1 Å². The molecular formula is C20H15ClN2O3S. The normalized spacial score (nSPS) is 11.0. The van der Waals surface area contributed by atoms with Gasteiger partial charge < -0.3 is 14.9 Å². The summed E-state index contributed by atoms with van der Waals surface area (Å²) in [6.07, 6.45) is 2.08. The molecule has 0 aliphatic rings. The van der Waals surface area contributed by atoms with Gasteiger partial charge in [-0.3, -0.25) is 0 Å². The largest absolute Gasteiger partial charge is 0.429 e.